The number of hydrogen-bond donors (Lipinski definition) is 1. The average Bonchev–Trinajstić information content (AvgIpc) is 3.11. The van der Waals surface area contributed by atoms with Gasteiger partial charge in [0.15, 0.2) is 0 Å². The molecular formula is C23H29N3O3. The van der Waals surface area contributed by atoms with Crippen molar-refractivity contribution in [1.82, 2.24) is 10.2 Å². The zero-order chi connectivity index (χ0) is 20.8. The lowest BCUT2D eigenvalue weighted by Crippen LogP contribution is -2.38. The number of amides is 2. The van der Waals surface area contributed by atoms with Gasteiger partial charge in [0.1, 0.15) is 5.75 Å². The molecule has 1 heterocycles. The second-order valence-corrected chi connectivity index (χ2v) is 7.47. The van der Waals surface area contributed by atoms with Gasteiger partial charge < -0.3 is 19.9 Å². The van der Waals surface area contributed by atoms with Crippen molar-refractivity contribution < 1.29 is 14.3 Å². The third-order valence-corrected chi connectivity index (χ3v) is 5.23. The van der Waals surface area contributed by atoms with E-state index < -0.39 is 0 Å². The molecule has 1 saturated heterocycles. The summed E-state index contributed by atoms with van der Waals surface area (Å²) in [5.74, 6) is 0.427. The van der Waals surface area contributed by atoms with Crippen LogP contribution in [0.4, 0.5) is 5.69 Å². The van der Waals surface area contributed by atoms with Crippen molar-refractivity contribution in [3.63, 3.8) is 0 Å². The zero-order valence-electron chi connectivity index (χ0n) is 17.3. The van der Waals surface area contributed by atoms with Crippen LogP contribution in [-0.4, -0.2) is 50.5 Å². The summed E-state index contributed by atoms with van der Waals surface area (Å²) >= 11 is 0. The molecule has 0 radical (unpaired) electrons. The molecule has 6 nitrogen and oxygen atoms in total. The Bertz CT molecular complexity index is 821. The highest BCUT2D eigenvalue weighted by molar-refractivity contribution is 6.00. The third kappa shape index (κ3) is 5.15. The van der Waals surface area contributed by atoms with Gasteiger partial charge in [-0.1, -0.05) is 30.3 Å². The van der Waals surface area contributed by atoms with Gasteiger partial charge in [0.25, 0.3) is 0 Å². The first-order valence-corrected chi connectivity index (χ1v) is 10.0. The van der Waals surface area contributed by atoms with Crippen LogP contribution in [0.15, 0.2) is 54.6 Å². The Hall–Kier alpha value is -2.86. The monoisotopic (exact) mass is 395 g/mol. The van der Waals surface area contributed by atoms with Crippen LogP contribution in [0.5, 0.6) is 5.75 Å². The van der Waals surface area contributed by atoms with E-state index in [0.29, 0.717) is 19.7 Å². The fourth-order valence-corrected chi connectivity index (χ4v) is 3.63. The summed E-state index contributed by atoms with van der Waals surface area (Å²) in [6.45, 7) is 3.49. The van der Waals surface area contributed by atoms with Crippen molar-refractivity contribution >= 4 is 17.5 Å². The van der Waals surface area contributed by atoms with Gasteiger partial charge in [-0.05, 0) is 50.8 Å². The molecule has 2 aromatic carbocycles. The first-order valence-electron chi connectivity index (χ1n) is 10.0. The Kier molecular flexibility index (Phi) is 6.88. The maximum absolute atomic E-state index is 12.7. The minimum atomic E-state index is -0.328. The first-order chi connectivity index (χ1) is 14.0. The molecule has 154 valence electrons. The smallest absolute Gasteiger partial charge is 0.227 e. The Morgan fingerprint density at radius 2 is 1.86 bits per heavy atom. The normalized spacial score (nSPS) is 17.4. The van der Waals surface area contributed by atoms with E-state index in [-0.39, 0.29) is 30.2 Å². The van der Waals surface area contributed by atoms with E-state index in [2.05, 4.69) is 10.2 Å². The van der Waals surface area contributed by atoms with Crippen LogP contribution < -0.4 is 15.0 Å². The molecule has 2 aromatic rings. The van der Waals surface area contributed by atoms with E-state index in [1.54, 1.807) is 4.90 Å². The van der Waals surface area contributed by atoms with Gasteiger partial charge in [-0.15, -0.1) is 0 Å². The largest absolute Gasteiger partial charge is 0.494 e. The number of likely N-dealkylation sites (N-methyl/N-ethyl adjacent to an activating group) is 1. The van der Waals surface area contributed by atoms with Crippen molar-refractivity contribution in [3.05, 3.63) is 60.2 Å². The van der Waals surface area contributed by atoms with E-state index in [1.165, 1.54) is 0 Å². The number of carbonyl (C=O) groups is 2. The molecule has 1 aliphatic rings. The summed E-state index contributed by atoms with van der Waals surface area (Å²) in [6, 6.07) is 17.5. The number of nitrogens with one attached hydrogen (secondary N) is 1. The van der Waals surface area contributed by atoms with Crippen LogP contribution >= 0.6 is 0 Å². The first kappa shape index (κ1) is 20.9. The molecule has 1 aliphatic heterocycles. The van der Waals surface area contributed by atoms with Crippen molar-refractivity contribution in [1.29, 1.82) is 0 Å². The van der Waals surface area contributed by atoms with Gasteiger partial charge in [0.2, 0.25) is 11.8 Å². The van der Waals surface area contributed by atoms with Crippen LogP contribution in [0, 0.1) is 5.92 Å². The standard InChI is InChI=1S/C23H29N3O3/c1-4-29-20-12-10-17(11-13-20)21(25(2)3)15-24-23(28)18-14-22(27)26(16-18)19-8-6-5-7-9-19/h5-13,18,21H,4,14-16H2,1-3H3,(H,24,28). The van der Waals surface area contributed by atoms with E-state index in [4.69, 9.17) is 4.74 Å². The van der Waals surface area contributed by atoms with E-state index >= 15 is 0 Å². The molecule has 3 rings (SSSR count). The maximum Gasteiger partial charge on any atom is 0.227 e. The number of nitrogens with zero attached hydrogens (tertiary/aromatic N) is 2. The number of benzene rings is 2. The summed E-state index contributed by atoms with van der Waals surface area (Å²) in [5, 5.41) is 3.05. The molecule has 2 amide bonds. The molecule has 0 bridgehead atoms. The molecule has 1 fully saturated rings. The Balaban J connectivity index is 1.60. The fourth-order valence-electron chi connectivity index (χ4n) is 3.63. The predicted molar refractivity (Wildman–Crippen MR) is 114 cm³/mol. The second-order valence-electron chi connectivity index (χ2n) is 7.47. The lowest BCUT2D eigenvalue weighted by molar-refractivity contribution is -0.126. The van der Waals surface area contributed by atoms with Crippen LogP contribution in [0.25, 0.3) is 0 Å². The Morgan fingerprint density at radius 1 is 1.17 bits per heavy atom. The molecule has 6 heteroatoms. The quantitative estimate of drug-likeness (QED) is 0.747. The molecule has 2 atom stereocenters. The number of hydrogen-bond acceptors (Lipinski definition) is 4. The Morgan fingerprint density at radius 3 is 2.48 bits per heavy atom. The lowest BCUT2D eigenvalue weighted by Gasteiger charge is -2.26. The molecule has 0 spiro atoms. The van der Waals surface area contributed by atoms with E-state index in [9.17, 15) is 9.59 Å². The number of carbonyl (C=O) groups excluding carboxylic acids is 2. The van der Waals surface area contributed by atoms with E-state index in [0.717, 1.165) is 17.0 Å². The molecule has 0 aromatic heterocycles. The van der Waals surface area contributed by atoms with Crippen molar-refractivity contribution in [2.24, 2.45) is 5.92 Å². The van der Waals surface area contributed by atoms with Crippen LogP contribution in [0.3, 0.4) is 0 Å². The second kappa shape index (κ2) is 9.56. The molecule has 2 unspecified atom stereocenters. The molecule has 0 aliphatic carbocycles. The number of ether oxygens (including phenoxy) is 1. The number of rotatable bonds is 8. The highest BCUT2D eigenvalue weighted by Crippen LogP contribution is 2.25. The molecular weight excluding hydrogens is 366 g/mol. The van der Waals surface area contributed by atoms with Crippen molar-refractivity contribution in [2.45, 2.75) is 19.4 Å². The Labute approximate surface area is 172 Å². The molecule has 29 heavy (non-hydrogen) atoms. The summed E-state index contributed by atoms with van der Waals surface area (Å²) in [7, 11) is 3.98. The maximum atomic E-state index is 12.7. The van der Waals surface area contributed by atoms with Crippen LogP contribution in [0.2, 0.25) is 0 Å². The molecule has 0 saturated carbocycles. The summed E-state index contributed by atoms with van der Waals surface area (Å²) in [5.41, 5.74) is 1.94. The van der Waals surface area contributed by atoms with Gasteiger partial charge >= 0.3 is 0 Å². The van der Waals surface area contributed by atoms with Crippen LogP contribution in [-0.2, 0) is 9.59 Å². The summed E-state index contributed by atoms with van der Waals surface area (Å²) in [6.07, 6.45) is 0.246. The predicted octanol–water partition coefficient (Wildman–Crippen LogP) is 2.86. The number of para-hydroxylation sites is 1. The highest BCUT2D eigenvalue weighted by atomic mass is 16.5. The highest BCUT2D eigenvalue weighted by Gasteiger charge is 2.35. The average molecular weight is 396 g/mol. The lowest BCUT2D eigenvalue weighted by atomic mass is 10.0. The molecule has 1 N–H and O–H groups in total. The number of anilines is 1. The van der Waals surface area contributed by atoms with E-state index in [1.807, 2.05) is 75.6 Å². The topological polar surface area (TPSA) is 61.9 Å². The fraction of sp³-hybridized carbons (Fsp3) is 0.391. The minimum Gasteiger partial charge on any atom is -0.494 e. The van der Waals surface area contributed by atoms with Gasteiger partial charge in [-0.25, -0.2) is 0 Å². The van der Waals surface area contributed by atoms with Gasteiger partial charge in [0.05, 0.1) is 18.6 Å². The van der Waals surface area contributed by atoms with Crippen molar-refractivity contribution in [2.75, 3.05) is 38.7 Å². The summed E-state index contributed by atoms with van der Waals surface area (Å²) < 4.78 is 5.50. The van der Waals surface area contributed by atoms with Gasteiger partial charge in [-0.3, -0.25) is 9.59 Å². The van der Waals surface area contributed by atoms with Gasteiger partial charge in [0, 0.05) is 25.2 Å². The third-order valence-electron chi connectivity index (χ3n) is 5.23. The summed E-state index contributed by atoms with van der Waals surface area (Å²) in [4.78, 5) is 28.9. The SMILES string of the molecule is CCOc1ccc(C(CNC(=O)C2CC(=O)N(c3ccccc3)C2)N(C)C)cc1. The van der Waals surface area contributed by atoms with Crippen molar-refractivity contribution in [3.8, 4) is 5.75 Å². The van der Waals surface area contributed by atoms with Crippen LogP contribution in [0.1, 0.15) is 24.9 Å². The minimum absolute atomic E-state index is 0.00739. The van der Waals surface area contributed by atoms with Gasteiger partial charge in [-0.2, -0.15) is 0 Å². The zero-order valence-corrected chi connectivity index (χ0v) is 17.3.